The number of carbonyl (C=O) groups is 1. The first-order chi connectivity index (χ1) is 15.4. The van der Waals surface area contributed by atoms with Gasteiger partial charge in [0.1, 0.15) is 11.5 Å². The first-order valence-corrected chi connectivity index (χ1v) is 9.32. The smallest absolute Gasteiger partial charge is 0.387 e. The summed E-state index contributed by atoms with van der Waals surface area (Å²) in [5.74, 6) is 0.644. The minimum Gasteiger partial charge on any atom is -0.497 e. The molecule has 0 saturated carbocycles. The van der Waals surface area contributed by atoms with Gasteiger partial charge in [-0.25, -0.2) is 4.79 Å². The average molecular weight is 450 g/mol. The lowest BCUT2D eigenvalue weighted by Crippen LogP contribution is -2.26. The van der Waals surface area contributed by atoms with Gasteiger partial charge >= 0.3 is 12.6 Å². The lowest BCUT2D eigenvalue weighted by Gasteiger charge is -2.13. The highest BCUT2D eigenvalue weighted by atomic mass is 19.3. The first kappa shape index (κ1) is 22.8. The number of alkyl halides is 2. The third-order valence-corrected chi connectivity index (χ3v) is 4.15. The molecule has 0 spiro atoms. The summed E-state index contributed by atoms with van der Waals surface area (Å²) >= 11 is 0. The third kappa shape index (κ3) is 5.84. The summed E-state index contributed by atoms with van der Waals surface area (Å²) in [6.07, 6.45) is -0.877. The van der Waals surface area contributed by atoms with Crippen LogP contribution in [0, 0.1) is 0 Å². The summed E-state index contributed by atoms with van der Waals surface area (Å²) in [5.41, 5.74) is 0.431. The van der Waals surface area contributed by atoms with Gasteiger partial charge in [0.15, 0.2) is 24.2 Å². The molecule has 0 aliphatic rings. The van der Waals surface area contributed by atoms with Crippen molar-refractivity contribution in [3.05, 3.63) is 48.4 Å². The van der Waals surface area contributed by atoms with E-state index < -0.39 is 18.7 Å². The van der Waals surface area contributed by atoms with Gasteiger partial charge in [0.05, 0.1) is 14.2 Å². The largest absolute Gasteiger partial charge is 0.497 e. The quantitative estimate of drug-likeness (QED) is 0.426. The summed E-state index contributed by atoms with van der Waals surface area (Å²) in [7, 11) is 2.86. The Labute approximate surface area is 181 Å². The molecule has 1 unspecified atom stereocenters. The number of methoxy groups -OCH3 is 2. The van der Waals surface area contributed by atoms with Crippen molar-refractivity contribution in [3.8, 4) is 34.4 Å². The van der Waals surface area contributed by atoms with Crippen LogP contribution in [0.4, 0.5) is 8.78 Å². The van der Waals surface area contributed by atoms with Crippen LogP contribution in [0.5, 0.6) is 23.0 Å². The maximum atomic E-state index is 12.5. The molecular formula is C21H20F2N2O7. The van der Waals surface area contributed by atoms with Crippen molar-refractivity contribution in [1.29, 1.82) is 0 Å². The van der Waals surface area contributed by atoms with E-state index in [9.17, 15) is 13.6 Å². The van der Waals surface area contributed by atoms with Crippen molar-refractivity contribution in [2.24, 2.45) is 0 Å². The van der Waals surface area contributed by atoms with Crippen molar-refractivity contribution < 1.29 is 41.8 Å². The molecule has 11 heteroatoms. The van der Waals surface area contributed by atoms with Gasteiger partial charge in [-0.15, -0.1) is 0 Å². The van der Waals surface area contributed by atoms with Crippen molar-refractivity contribution in [1.82, 2.24) is 10.1 Å². The predicted octanol–water partition coefficient (Wildman–Crippen LogP) is 3.87. The predicted molar refractivity (Wildman–Crippen MR) is 106 cm³/mol. The minimum absolute atomic E-state index is 0.0388. The Morgan fingerprint density at radius 1 is 1.00 bits per heavy atom. The van der Waals surface area contributed by atoms with Gasteiger partial charge in [-0.1, -0.05) is 5.16 Å². The van der Waals surface area contributed by atoms with Crippen molar-refractivity contribution >= 4 is 5.97 Å². The molecule has 32 heavy (non-hydrogen) atoms. The number of carbonyl (C=O) groups excluding carboxylic acids is 1. The summed E-state index contributed by atoms with van der Waals surface area (Å²) in [4.78, 5) is 16.3. The van der Waals surface area contributed by atoms with E-state index in [1.54, 1.807) is 38.3 Å². The highest BCUT2D eigenvalue weighted by molar-refractivity contribution is 5.74. The molecule has 0 N–H and O–H groups in total. The summed E-state index contributed by atoms with van der Waals surface area (Å²) in [5, 5.41) is 3.79. The van der Waals surface area contributed by atoms with Gasteiger partial charge in [-0.3, -0.25) is 0 Å². The zero-order valence-electron chi connectivity index (χ0n) is 17.4. The van der Waals surface area contributed by atoms with Crippen molar-refractivity contribution in [2.45, 2.75) is 26.2 Å². The van der Waals surface area contributed by atoms with Crippen LogP contribution in [0.1, 0.15) is 12.8 Å². The Hall–Kier alpha value is -3.89. The van der Waals surface area contributed by atoms with Crippen LogP contribution in [-0.4, -0.2) is 43.0 Å². The number of nitrogens with zero attached hydrogens (tertiary/aromatic N) is 2. The number of hydrogen-bond donors (Lipinski definition) is 0. The fourth-order valence-corrected chi connectivity index (χ4v) is 2.59. The van der Waals surface area contributed by atoms with E-state index in [-0.39, 0.29) is 29.8 Å². The number of benzene rings is 2. The van der Waals surface area contributed by atoms with Crippen LogP contribution in [0.2, 0.25) is 0 Å². The maximum Gasteiger partial charge on any atom is 0.387 e. The van der Waals surface area contributed by atoms with E-state index in [1.165, 1.54) is 25.3 Å². The average Bonchev–Trinajstić information content (AvgIpc) is 3.27. The molecule has 0 saturated heterocycles. The van der Waals surface area contributed by atoms with E-state index >= 15 is 0 Å². The first-order valence-electron chi connectivity index (χ1n) is 9.32. The number of halogens is 2. The molecule has 0 aliphatic carbocycles. The second kappa shape index (κ2) is 10.4. The molecule has 0 fully saturated rings. The lowest BCUT2D eigenvalue weighted by molar-refractivity contribution is -0.153. The second-order valence-electron chi connectivity index (χ2n) is 6.30. The molecule has 0 radical (unpaired) electrons. The molecule has 0 bridgehead atoms. The van der Waals surface area contributed by atoms with Crippen LogP contribution < -0.4 is 18.9 Å². The molecule has 9 nitrogen and oxygen atoms in total. The van der Waals surface area contributed by atoms with E-state index in [2.05, 4.69) is 14.9 Å². The van der Waals surface area contributed by atoms with Gasteiger partial charge in [0.25, 0.3) is 5.89 Å². The summed E-state index contributed by atoms with van der Waals surface area (Å²) in [6.45, 7) is -1.72. The number of hydrogen-bond acceptors (Lipinski definition) is 9. The number of rotatable bonds is 10. The van der Waals surface area contributed by atoms with Gasteiger partial charge in [0.2, 0.25) is 5.82 Å². The Bertz CT molecular complexity index is 1040. The fourth-order valence-electron chi connectivity index (χ4n) is 2.59. The number of ether oxygens (including phenoxy) is 5. The molecule has 3 aromatic rings. The topological polar surface area (TPSA) is 102 Å². The molecule has 1 aromatic heterocycles. The zero-order valence-corrected chi connectivity index (χ0v) is 17.4. The monoisotopic (exact) mass is 450 g/mol. The molecule has 170 valence electrons. The zero-order chi connectivity index (χ0) is 23.1. The van der Waals surface area contributed by atoms with E-state index in [4.69, 9.17) is 23.5 Å². The molecule has 1 heterocycles. The fraction of sp³-hybridized carbons (Fsp3) is 0.286. The molecule has 2 aromatic carbocycles. The molecule has 0 aliphatic heterocycles. The van der Waals surface area contributed by atoms with Crippen molar-refractivity contribution in [2.75, 3.05) is 14.2 Å². The minimum atomic E-state index is -2.99. The molecule has 1 atom stereocenters. The summed E-state index contributed by atoms with van der Waals surface area (Å²) < 4.78 is 55.1. The third-order valence-electron chi connectivity index (χ3n) is 4.15. The number of aromatic nitrogens is 2. The Morgan fingerprint density at radius 2 is 1.72 bits per heavy atom. The molecule has 3 rings (SSSR count). The van der Waals surface area contributed by atoms with Crippen LogP contribution in [0.25, 0.3) is 11.4 Å². The van der Waals surface area contributed by atoms with E-state index in [0.717, 1.165) is 0 Å². The van der Waals surface area contributed by atoms with Gasteiger partial charge in [-0.05, 0) is 49.4 Å². The Morgan fingerprint density at radius 3 is 2.38 bits per heavy atom. The van der Waals surface area contributed by atoms with Crippen LogP contribution in [0.3, 0.4) is 0 Å². The second-order valence-corrected chi connectivity index (χ2v) is 6.30. The van der Waals surface area contributed by atoms with E-state index in [0.29, 0.717) is 17.1 Å². The highest BCUT2D eigenvalue weighted by Gasteiger charge is 2.19. The SMILES string of the molecule is COc1ccc(OC(C)C(=O)OCc2nc(-c3ccc(OC(F)F)c(OC)c3)no2)cc1. The van der Waals surface area contributed by atoms with Gasteiger partial charge < -0.3 is 28.2 Å². The van der Waals surface area contributed by atoms with Crippen LogP contribution in [0.15, 0.2) is 47.0 Å². The normalized spacial score (nSPS) is 11.7. The Balaban J connectivity index is 1.58. The van der Waals surface area contributed by atoms with Gasteiger partial charge in [-0.2, -0.15) is 13.8 Å². The number of esters is 1. The van der Waals surface area contributed by atoms with Crippen LogP contribution in [-0.2, 0) is 16.1 Å². The van der Waals surface area contributed by atoms with Gasteiger partial charge in [0, 0.05) is 5.56 Å². The van der Waals surface area contributed by atoms with Crippen molar-refractivity contribution in [3.63, 3.8) is 0 Å². The van der Waals surface area contributed by atoms with Crippen LogP contribution >= 0.6 is 0 Å². The summed E-state index contributed by atoms with van der Waals surface area (Å²) in [6, 6.07) is 10.9. The highest BCUT2D eigenvalue weighted by Crippen LogP contribution is 2.32. The Kier molecular flexibility index (Phi) is 7.42. The molecular weight excluding hydrogens is 430 g/mol. The van der Waals surface area contributed by atoms with E-state index in [1.807, 2.05) is 0 Å². The standard InChI is InChI=1S/C21H20F2N2O7/c1-12(30-15-7-5-14(27-2)6-8-15)20(26)29-11-18-24-19(25-32-18)13-4-9-16(31-21(22)23)17(10-13)28-3/h4-10,12,21H,11H2,1-3H3. The maximum absolute atomic E-state index is 12.5. The molecule has 0 amide bonds. The lowest BCUT2D eigenvalue weighted by atomic mass is 10.2.